The van der Waals surface area contributed by atoms with Crippen molar-refractivity contribution in [2.75, 3.05) is 13.2 Å². The van der Waals surface area contributed by atoms with Crippen LogP contribution in [0.3, 0.4) is 0 Å². The first kappa shape index (κ1) is 18.5. The predicted molar refractivity (Wildman–Crippen MR) is 90.0 cm³/mol. The van der Waals surface area contributed by atoms with Gasteiger partial charge in [0.05, 0.1) is 28.4 Å². The summed E-state index contributed by atoms with van der Waals surface area (Å²) in [7, 11) is -3.86. The number of hydrogen-bond donors (Lipinski definition) is 2. The molecule has 1 saturated heterocycles. The van der Waals surface area contributed by atoms with Gasteiger partial charge in [-0.05, 0) is 30.7 Å². The maximum Gasteiger partial charge on any atom is 0.279 e. The second kappa shape index (κ2) is 7.50. The number of ether oxygens (including phenoxy) is 1. The molecule has 0 saturated carbocycles. The van der Waals surface area contributed by atoms with E-state index in [9.17, 15) is 13.2 Å². The topological polar surface area (TPSA) is 117 Å². The Hall–Kier alpha value is -2.33. The Bertz CT molecular complexity index is 868. The summed E-state index contributed by atoms with van der Waals surface area (Å²) in [6, 6.07) is 11.7. The van der Waals surface area contributed by atoms with Crippen molar-refractivity contribution in [3.05, 3.63) is 48.7 Å². The van der Waals surface area contributed by atoms with E-state index in [2.05, 4.69) is 4.98 Å². The van der Waals surface area contributed by atoms with Gasteiger partial charge in [0.25, 0.3) is 5.91 Å². The molecule has 1 aliphatic rings. The van der Waals surface area contributed by atoms with Crippen LogP contribution in [0.1, 0.15) is 6.42 Å². The Morgan fingerprint density at radius 2 is 1.88 bits per heavy atom. The van der Waals surface area contributed by atoms with Crippen LogP contribution in [-0.2, 0) is 19.4 Å². The highest BCUT2D eigenvalue weighted by atomic mass is 32.2. The van der Waals surface area contributed by atoms with Crippen molar-refractivity contribution >= 4 is 15.7 Å². The Morgan fingerprint density at radius 3 is 2.50 bits per heavy atom. The molecule has 0 aliphatic carbocycles. The van der Waals surface area contributed by atoms with Crippen molar-refractivity contribution < 1.29 is 28.4 Å². The molecular formula is C17H18N2O6S. The standard InChI is InChI=1S/C17H18N2O6S/c20-17(19(21)22)14-11-25-10-8-16(14)26(23,24)13-6-4-12(5-7-13)15-3-1-2-9-18-15/h1-7,9,14,16,21-22H,8,10-11H2. The van der Waals surface area contributed by atoms with Crippen LogP contribution in [0.5, 0.6) is 0 Å². The molecule has 1 amide bonds. The van der Waals surface area contributed by atoms with Crippen LogP contribution in [0.25, 0.3) is 11.3 Å². The SMILES string of the molecule is O=C(C1COCCC1S(=O)(=O)c1ccc(-c2ccccn2)cc1)N(O)O. The quantitative estimate of drug-likeness (QED) is 0.612. The highest BCUT2D eigenvalue weighted by Gasteiger charge is 2.42. The van der Waals surface area contributed by atoms with Crippen molar-refractivity contribution in [3.63, 3.8) is 0 Å². The highest BCUT2D eigenvalue weighted by Crippen LogP contribution is 2.30. The Kier molecular flexibility index (Phi) is 5.33. The summed E-state index contributed by atoms with van der Waals surface area (Å²) in [5.41, 5.74) is 1.48. The number of carbonyl (C=O) groups excluding carboxylic acids is 1. The lowest BCUT2D eigenvalue weighted by atomic mass is 10.0. The number of hydrogen-bond acceptors (Lipinski definition) is 7. The number of hydroxylamine groups is 2. The van der Waals surface area contributed by atoms with Crippen molar-refractivity contribution in [1.82, 2.24) is 10.2 Å². The number of amides is 1. The minimum Gasteiger partial charge on any atom is -0.381 e. The molecule has 1 aromatic carbocycles. The number of pyridine rings is 1. The second-order valence-electron chi connectivity index (χ2n) is 5.92. The largest absolute Gasteiger partial charge is 0.381 e. The molecule has 2 atom stereocenters. The third-order valence-corrected chi connectivity index (χ3v) is 6.64. The number of aromatic nitrogens is 1. The fraction of sp³-hybridized carbons (Fsp3) is 0.294. The Balaban J connectivity index is 1.90. The molecule has 3 rings (SSSR count). The van der Waals surface area contributed by atoms with Crippen LogP contribution in [0.15, 0.2) is 53.6 Å². The summed E-state index contributed by atoms with van der Waals surface area (Å²) in [4.78, 5) is 16.2. The van der Waals surface area contributed by atoms with E-state index in [4.69, 9.17) is 15.2 Å². The average molecular weight is 378 g/mol. The van der Waals surface area contributed by atoms with E-state index in [1.54, 1.807) is 24.4 Å². The molecule has 26 heavy (non-hydrogen) atoms. The minimum absolute atomic E-state index is 0.0595. The first-order chi connectivity index (χ1) is 12.4. The molecule has 9 heteroatoms. The van der Waals surface area contributed by atoms with Crippen LogP contribution >= 0.6 is 0 Å². The third kappa shape index (κ3) is 3.61. The number of benzene rings is 1. The number of carbonyl (C=O) groups is 1. The summed E-state index contributed by atoms with van der Waals surface area (Å²) in [6.45, 7) is -0.0110. The highest BCUT2D eigenvalue weighted by molar-refractivity contribution is 7.92. The molecule has 1 aromatic heterocycles. The molecule has 0 spiro atoms. The summed E-state index contributed by atoms with van der Waals surface area (Å²) < 4.78 is 31.1. The smallest absolute Gasteiger partial charge is 0.279 e. The summed E-state index contributed by atoms with van der Waals surface area (Å²) in [6.07, 6.45) is 1.74. The zero-order valence-corrected chi connectivity index (χ0v) is 14.5. The molecule has 2 heterocycles. The molecule has 138 valence electrons. The zero-order chi connectivity index (χ0) is 18.7. The normalized spacial score (nSPS) is 20.5. The van der Waals surface area contributed by atoms with Gasteiger partial charge in [0.1, 0.15) is 0 Å². The van der Waals surface area contributed by atoms with Crippen LogP contribution < -0.4 is 0 Å². The van der Waals surface area contributed by atoms with Crippen LogP contribution in [-0.4, -0.2) is 53.4 Å². The second-order valence-corrected chi connectivity index (χ2v) is 8.09. The number of nitrogens with zero attached hydrogens (tertiary/aromatic N) is 2. The molecule has 1 aliphatic heterocycles. The van der Waals surface area contributed by atoms with Gasteiger partial charge in [-0.25, -0.2) is 8.42 Å². The molecule has 2 aromatic rings. The van der Waals surface area contributed by atoms with Crippen molar-refractivity contribution in [1.29, 1.82) is 0 Å². The first-order valence-corrected chi connectivity index (χ1v) is 9.50. The van der Waals surface area contributed by atoms with E-state index < -0.39 is 32.1 Å². The Morgan fingerprint density at radius 1 is 1.15 bits per heavy atom. The fourth-order valence-corrected chi connectivity index (χ4v) is 4.89. The molecule has 1 fully saturated rings. The first-order valence-electron chi connectivity index (χ1n) is 7.96. The van der Waals surface area contributed by atoms with E-state index in [0.717, 1.165) is 5.56 Å². The zero-order valence-electron chi connectivity index (χ0n) is 13.7. The van der Waals surface area contributed by atoms with E-state index in [0.29, 0.717) is 5.69 Å². The maximum atomic E-state index is 13.0. The van der Waals surface area contributed by atoms with Crippen LogP contribution in [0, 0.1) is 5.92 Å². The molecule has 0 bridgehead atoms. The lowest BCUT2D eigenvalue weighted by Gasteiger charge is -2.30. The van der Waals surface area contributed by atoms with E-state index in [-0.39, 0.29) is 24.5 Å². The van der Waals surface area contributed by atoms with Gasteiger partial charge >= 0.3 is 0 Å². The van der Waals surface area contributed by atoms with Gasteiger partial charge in [-0.2, -0.15) is 0 Å². The number of rotatable bonds is 4. The van der Waals surface area contributed by atoms with Crippen molar-refractivity contribution in [2.45, 2.75) is 16.6 Å². The van der Waals surface area contributed by atoms with E-state index in [1.165, 1.54) is 12.1 Å². The predicted octanol–water partition coefficient (Wildman–Crippen LogP) is 1.53. The fourth-order valence-electron chi connectivity index (χ4n) is 2.99. The van der Waals surface area contributed by atoms with Gasteiger partial charge in [0, 0.05) is 18.4 Å². The van der Waals surface area contributed by atoms with Gasteiger partial charge in [0.2, 0.25) is 0 Å². The summed E-state index contributed by atoms with van der Waals surface area (Å²) in [5, 5.41) is 16.3. The van der Waals surface area contributed by atoms with E-state index >= 15 is 0 Å². The lowest BCUT2D eigenvalue weighted by molar-refractivity contribution is -0.289. The van der Waals surface area contributed by atoms with Gasteiger partial charge in [-0.15, -0.1) is 0 Å². The van der Waals surface area contributed by atoms with Crippen LogP contribution in [0.2, 0.25) is 0 Å². The maximum absolute atomic E-state index is 13.0. The van der Waals surface area contributed by atoms with Gasteiger partial charge in [-0.3, -0.25) is 20.2 Å². The van der Waals surface area contributed by atoms with Gasteiger partial charge in [-0.1, -0.05) is 23.4 Å². The molecule has 8 nitrogen and oxygen atoms in total. The number of sulfone groups is 1. The lowest BCUT2D eigenvalue weighted by Crippen LogP contribution is -2.46. The third-order valence-electron chi connectivity index (χ3n) is 4.35. The van der Waals surface area contributed by atoms with E-state index in [1.807, 2.05) is 12.1 Å². The molecular weight excluding hydrogens is 360 g/mol. The summed E-state index contributed by atoms with van der Waals surface area (Å²) in [5.74, 6) is -2.29. The molecule has 0 radical (unpaired) electrons. The molecule has 2 N–H and O–H groups in total. The Labute approximate surface area is 150 Å². The van der Waals surface area contributed by atoms with Crippen molar-refractivity contribution in [3.8, 4) is 11.3 Å². The van der Waals surface area contributed by atoms with Crippen LogP contribution in [0.4, 0.5) is 0 Å². The van der Waals surface area contributed by atoms with Gasteiger partial charge in [0.15, 0.2) is 9.84 Å². The molecule has 2 unspecified atom stereocenters. The van der Waals surface area contributed by atoms with Crippen molar-refractivity contribution in [2.24, 2.45) is 5.92 Å². The summed E-state index contributed by atoms with van der Waals surface area (Å²) >= 11 is 0. The monoisotopic (exact) mass is 378 g/mol. The van der Waals surface area contributed by atoms with Gasteiger partial charge < -0.3 is 4.74 Å². The minimum atomic E-state index is -3.86. The average Bonchev–Trinajstić information content (AvgIpc) is 2.68.